The maximum atomic E-state index is 14.3. The number of ether oxygens (including phenoxy) is 2. The number of rotatable bonds is 14. The summed E-state index contributed by atoms with van der Waals surface area (Å²) in [6.45, 7) is -0.824. The number of aliphatic hydroxyl groups excluding tert-OH is 1. The van der Waals surface area contributed by atoms with Gasteiger partial charge in [-0.05, 0) is 53.1 Å². The van der Waals surface area contributed by atoms with Gasteiger partial charge in [-0.1, -0.05) is 66.7 Å². The molecule has 0 saturated heterocycles. The number of nitrogens with zero attached hydrogens (tertiary/aromatic N) is 1. The first-order chi connectivity index (χ1) is 20.8. The predicted molar refractivity (Wildman–Crippen MR) is 163 cm³/mol. The number of carboxylic acids is 1. The number of carboxylic acid groups (broad SMARTS) is 1. The van der Waals surface area contributed by atoms with Crippen molar-refractivity contribution in [3.63, 3.8) is 0 Å². The van der Waals surface area contributed by atoms with Gasteiger partial charge in [0.1, 0.15) is 25.0 Å². The smallest absolute Gasteiger partial charge is 0.323 e. The molecule has 4 aromatic carbocycles. The highest BCUT2D eigenvalue weighted by molar-refractivity contribution is 5.95. The van der Waals surface area contributed by atoms with E-state index >= 15 is 0 Å². The average molecular weight is 583 g/mol. The molecule has 1 amide bonds. The largest absolute Gasteiger partial charge is 0.493 e. The molecule has 0 unspecified atom stereocenters. The summed E-state index contributed by atoms with van der Waals surface area (Å²) in [5.41, 5.74) is 8.67. The van der Waals surface area contributed by atoms with E-state index in [0.717, 1.165) is 10.5 Å². The summed E-state index contributed by atoms with van der Waals surface area (Å²) >= 11 is 0. The average Bonchev–Trinajstić information content (AvgIpc) is 3.03. The topological polar surface area (TPSA) is 158 Å². The van der Waals surface area contributed by atoms with Crippen molar-refractivity contribution >= 4 is 23.4 Å². The third kappa shape index (κ3) is 7.90. The van der Waals surface area contributed by atoms with Crippen LogP contribution in [-0.2, 0) is 16.2 Å². The van der Waals surface area contributed by atoms with Gasteiger partial charge in [-0.3, -0.25) is 15.0 Å². The molecule has 10 heteroatoms. The van der Waals surface area contributed by atoms with Crippen molar-refractivity contribution in [3.05, 3.63) is 125 Å². The highest BCUT2D eigenvalue weighted by Crippen LogP contribution is 2.34. The molecule has 0 fully saturated rings. The van der Waals surface area contributed by atoms with Crippen molar-refractivity contribution in [1.82, 2.24) is 4.90 Å². The minimum atomic E-state index is -1.23. The molecule has 0 heterocycles. The quantitative estimate of drug-likeness (QED) is 0.108. The molecule has 4 rings (SSSR count). The number of hydrogen-bond acceptors (Lipinski definition) is 7. The highest BCUT2D eigenvalue weighted by atomic mass is 16.5. The molecular formula is C33H34N4O6. The van der Waals surface area contributed by atoms with Crippen molar-refractivity contribution in [2.75, 3.05) is 25.6 Å². The number of methoxy groups -OCH3 is 1. The number of aliphatic carboxylic acids is 1. The van der Waals surface area contributed by atoms with Gasteiger partial charge in [0.2, 0.25) is 0 Å². The lowest BCUT2D eigenvalue weighted by Crippen LogP contribution is -2.44. The molecule has 0 aliphatic rings. The molecule has 2 atom stereocenters. The van der Waals surface area contributed by atoms with Crippen molar-refractivity contribution in [3.8, 4) is 11.5 Å². The lowest BCUT2D eigenvalue weighted by molar-refractivity contribution is -0.147. The molecule has 6 N–H and O–H groups in total. The molecule has 0 bridgehead atoms. The van der Waals surface area contributed by atoms with E-state index in [1.807, 2.05) is 30.3 Å². The zero-order chi connectivity index (χ0) is 30.8. The van der Waals surface area contributed by atoms with E-state index in [0.29, 0.717) is 40.5 Å². The Kier molecular flexibility index (Phi) is 10.3. The Morgan fingerprint density at radius 1 is 0.907 bits per heavy atom. The monoisotopic (exact) mass is 582 g/mol. The third-order valence-corrected chi connectivity index (χ3v) is 6.83. The van der Waals surface area contributed by atoms with Crippen LogP contribution in [0.2, 0.25) is 0 Å². The Labute approximate surface area is 249 Å². The number of aliphatic hydroxyl groups is 1. The van der Waals surface area contributed by atoms with E-state index in [2.05, 4.69) is 5.32 Å². The summed E-state index contributed by atoms with van der Waals surface area (Å²) in [6.07, 6.45) is 0. The van der Waals surface area contributed by atoms with Crippen molar-refractivity contribution in [1.29, 1.82) is 5.41 Å². The van der Waals surface area contributed by atoms with Gasteiger partial charge in [0, 0.05) is 11.3 Å². The second kappa shape index (κ2) is 14.5. The van der Waals surface area contributed by atoms with Gasteiger partial charge in [0.15, 0.2) is 11.5 Å². The molecule has 4 aromatic rings. The van der Waals surface area contributed by atoms with Crippen LogP contribution in [0.4, 0.5) is 5.69 Å². The van der Waals surface area contributed by atoms with Crippen LogP contribution < -0.4 is 20.5 Å². The van der Waals surface area contributed by atoms with Gasteiger partial charge in [0.25, 0.3) is 5.91 Å². The molecule has 0 aliphatic carbocycles. The zero-order valence-electron chi connectivity index (χ0n) is 23.6. The fourth-order valence-corrected chi connectivity index (χ4v) is 4.63. The molecule has 43 heavy (non-hydrogen) atoms. The summed E-state index contributed by atoms with van der Waals surface area (Å²) in [5.74, 6) is -1.06. The van der Waals surface area contributed by atoms with Gasteiger partial charge in [-0.2, -0.15) is 0 Å². The fraction of sp³-hybridized carbons (Fsp3) is 0.182. The number of anilines is 1. The number of benzene rings is 4. The normalized spacial score (nSPS) is 12.0. The SMILES string of the molecule is COc1cc([C@H](Nc2ccc(C(=N)N)cc2)C(=O)N(CC(=O)O)[C@H](CO)c2ccccc2)ccc1OCc1ccccc1. The molecule has 222 valence electrons. The van der Waals surface area contributed by atoms with Gasteiger partial charge in [-0.25, -0.2) is 0 Å². The van der Waals surface area contributed by atoms with Crippen LogP contribution in [0.25, 0.3) is 0 Å². The van der Waals surface area contributed by atoms with Crippen LogP contribution in [0.15, 0.2) is 103 Å². The van der Waals surface area contributed by atoms with Crippen molar-refractivity contribution < 1.29 is 29.3 Å². The first-order valence-electron chi connectivity index (χ1n) is 13.5. The van der Waals surface area contributed by atoms with Gasteiger partial charge in [0.05, 0.1) is 19.8 Å². The summed E-state index contributed by atoms with van der Waals surface area (Å²) < 4.78 is 11.6. The lowest BCUT2D eigenvalue weighted by atomic mass is 10.0. The lowest BCUT2D eigenvalue weighted by Gasteiger charge is -2.33. The van der Waals surface area contributed by atoms with Crippen LogP contribution in [-0.4, -0.2) is 53.1 Å². The number of amides is 1. The standard InChI is InChI=1S/C33H34N4O6/c1-42-29-18-25(14-17-28(29)43-21-22-8-4-2-5-9-22)31(36-26-15-12-24(13-16-26)32(34)35)33(41)37(19-30(39)40)27(20-38)23-10-6-3-7-11-23/h2-18,27,31,36,38H,19-21H2,1H3,(H3,34,35)(H,39,40)/t27-,31+/m1/s1. The zero-order valence-corrected chi connectivity index (χ0v) is 23.6. The molecule has 0 aromatic heterocycles. The molecule has 0 aliphatic heterocycles. The predicted octanol–water partition coefficient (Wildman–Crippen LogP) is 4.36. The number of amidine groups is 1. The van der Waals surface area contributed by atoms with Crippen LogP contribution in [0.3, 0.4) is 0 Å². The summed E-state index contributed by atoms with van der Waals surface area (Å²) in [7, 11) is 1.49. The van der Waals surface area contributed by atoms with Gasteiger partial charge >= 0.3 is 5.97 Å². The number of nitrogen functional groups attached to an aromatic ring is 1. The van der Waals surface area contributed by atoms with E-state index in [1.165, 1.54) is 7.11 Å². The van der Waals surface area contributed by atoms with E-state index in [1.54, 1.807) is 72.8 Å². The van der Waals surface area contributed by atoms with E-state index < -0.39 is 37.1 Å². The van der Waals surface area contributed by atoms with Crippen LogP contribution in [0.1, 0.15) is 34.3 Å². The minimum absolute atomic E-state index is 0.101. The first-order valence-corrected chi connectivity index (χ1v) is 13.5. The summed E-state index contributed by atoms with van der Waals surface area (Å²) in [4.78, 5) is 27.4. The molecule has 0 saturated carbocycles. The number of carbonyl (C=O) groups excluding carboxylic acids is 1. The third-order valence-electron chi connectivity index (χ3n) is 6.83. The Morgan fingerprint density at radius 2 is 1.56 bits per heavy atom. The highest BCUT2D eigenvalue weighted by Gasteiger charge is 2.33. The number of nitrogens with one attached hydrogen (secondary N) is 2. The Morgan fingerprint density at radius 3 is 2.14 bits per heavy atom. The van der Waals surface area contributed by atoms with E-state index in [4.69, 9.17) is 20.6 Å². The maximum absolute atomic E-state index is 14.3. The van der Waals surface area contributed by atoms with E-state index in [9.17, 15) is 19.8 Å². The fourth-order valence-electron chi connectivity index (χ4n) is 4.63. The molecule has 0 spiro atoms. The Balaban J connectivity index is 1.73. The second-order valence-corrected chi connectivity index (χ2v) is 9.72. The van der Waals surface area contributed by atoms with Gasteiger partial charge in [-0.15, -0.1) is 0 Å². The second-order valence-electron chi connectivity index (χ2n) is 9.72. The first kappa shape index (κ1) is 30.6. The van der Waals surface area contributed by atoms with Crippen LogP contribution in [0, 0.1) is 5.41 Å². The molecule has 10 nitrogen and oxygen atoms in total. The molecular weight excluding hydrogens is 548 g/mol. The summed E-state index contributed by atoms with van der Waals surface area (Å²) in [5, 5.41) is 31.0. The Bertz CT molecular complexity index is 1530. The van der Waals surface area contributed by atoms with Crippen molar-refractivity contribution in [2.45, 2.75) is 18.7 Å². The van der Waals surface area contributed by atoms with Crippen LogP contribution >= 0.6 is 0 Å². The summed E-state index contributed by atoms with van der Waals surface area (Å²) in [6, 6.07) is 28.1. The number of hydrogen-bond donors (Lipinski definition) is 5. The molecule has 0 radical (unpaired) electrons. The Hall–Kier alpha value is -5.35. The van der Waals surface area contributed by atoms with Gasteiger partial charge < -0.3 is 35.6 Å². The van der Waals surface area contributed by atoms with E-state index in [-0.39, 0.29) is 5.84 Å². The minimum Gasteiger partial charge on any atom is -0.493 e. The van der Waals surface area contributed by atoms with Crippen molar-refractivity contribution in [2.24, 2.45) is 5.73 Å². The number of carbonyl (C=O) groups is 2. The van der Waals surface area contributed by atoms with Crippen LogP contribution in [0.5, 0.6) is 11.5 Å². The number of nitrogens with two attached hydrogens (primary N) is 1. The maximum Gasteiger partial charge on any atom is 0.323 e.